The fourth-order valence-corrected chi connectivity index (χ4v) is 7.41. The van der Waals surface area contributed by atoms with E-state index in [1.165, 1.54) is 15.9 Å². The van der Waals surface area contributed by atoms with Gasteiger partial charge in [0.15, 0.2) is 0 Å². The summed E-state index contributed by atoms with van der Waals surface area (Å²) in [5.74, 6) is 0. The molecule has 0 aliphatic carbocycles. The lowest BCUT2D eigenvalue weighted by Crippen LogP contribution is -2.62. The molecule has 3 aromatic carbocycles. The van der Waals surface area contributed by atoms with Gasteiger partial charge in [0, 0.05) is 0 Å². The summed E-state index contributed by atoms with van der Waals surface area (Å²) in [5.41, 5.74) is 1.66. The highest BCUT2D eigenvalue weighted by Gasteiger charge is 2.42. The van der Waals surface area contributed by atoms with Gasteiger partial charge in [0.05, 0.1) is 6.61 Å². The first kappa shape index (κ1) is 16.7. The van der Waals surface area contributed by atoms with E-state index in [2.05, 4.69) is 98.8 Å². The maximum absolute atomic E-state index is 6.79. The number of benzene rings is 3. The monoisotopic (exact) mass is 332 g/mol. The van der Waals surface area contributed by atoms with Crippen LogP contribution in [0.5, 0.6) is 0 Å². The van der Waals surface area contributed by atoms with Crippen LogP contribution < -0.4 is 10.4 Å². The van der Waals surface area contributed by atoms with Crippen LogP contribution in [-0.2, 0) is 11.0 Å². The highest BCUT2D eigenvalue weighted by molar-refractivity contribution is 6.98. The van der Waals surface area contributed by atoms with Crippen LogP contribution in [0.25, 0.3) is 0 Å². The van der Waals surface area contributed by atoms with Crippen molar-refractivity contribution in [2.75, 3.05) is 0 Å². The molecule has 0 amide bonds. The Bertz CT molecular complexity index is 699. The summed E-state index contributed by atoms with van der Waals surface area (Å²) >= 11 is 0. The van der Waals surface area contributed by atoms with Crippen LogP contribution in [-0.4, -0.2) is 8.32 Å². The lowest BCUT2D eigenvalue weighted by molar-refractivity contribution is 0.298. The average molecular weight is 333 g/mol. The van der Waals surface area contributed by atoms with Crippen LogP contribution in [0.1, 0.15) is 19.4 Å². The Morgan fingerprint density at radius 3 is 1.50 bits per heavy atom. The van der Waals surface area contributed by atoms with Gasteiger partial charge in [-0.1, -0.05) is 105 Å². The zero-order valence-corrected chi connectivity index (χ0v) is 15.4. The minimum Gasteiger partial charge on any atom is -0.403 e. The van der Waals surface area contributed by atoms with Gasteiger partial charge in [0.2, 0.25) is 0 Å². The highest BCUT2D eigenvalue weighted by atomic mass is 28.4. The molecule has 3 aromatic rings. The molecule has 3 rings (SSSR count). The molecule has 0 heterocycles. The van der Waals surface area contributed by atoms with Crippen molar-refractivity contribution in [2.24, 2.45) is 0 Å². The number of hydrogen-bond acceptors (Lipinski definition) is 1. The summed E-state index contributed by atoms with van der Waals surface area (Å²) in [6, 6.07) is 32.0. The topological polar surface area (TPSA) is 9.23 Å². The second-order valence-electron chi connectivity index (χ2n) is 6.40. The first-order chi connectivity index (χ1) is 11.7. The van der Waals surface area contributed by atoms with Crippen LogP contribution >= 0.6 is 0 Å². The van der Waals surface area contributed by atoms with Crippen LogP contribution in [0.15, 0.2) is 91.0 Å². The zero-order chi connectivity index (χ0) is 16.8. The molecule has 122 valence electrons. The third-order valence-corrected chi connectivity index (χ3v) is 9.14. The van der Waals surface area contributed by atoms with E-state index in [1.54, 1.807) is 0 Å². The van der Waals surface area contributed by atoms with Gasteiger partial charge in [-0.15, -0.1) is 0 Å². The van der Waals surface area contributed by atoms with Crippen molar-refractivity contribution in [1.29, 1.82) is 0 Å². The van der Waals surface area contributed by atoms with E-state index >= 15 is 0 Å². The molecule has 0 N–H and O–H groups in total. The van der Waals surface area contributed by atoms with Crippen molar-refractivity contribution >= 4 is 18.7 Å². The minimum absolute atomic E-state index is 0.436. The summed E-state index contributed by atoms with van der Waals surface area (Å²) < 4.78 is 6.79. The largest absolute Gasteiger partial charge is 0.403 e. The van der Waals surface area contributed by atoms with Gasteiger partial charge < -0.3 is 4.43 Å². The van der Waals surface area contributed by atoms with Crippen molar-refractivity contribution in [3.8, 4) is 0 Å². The van der Waals surface area contributed by atoms with E-state index in [1.807, 2.05) is 6.07 Å². The first-order valence-corrected chi connectivity index (χ1v) is 10.5. The summed E-state index contributed by atoms with van der Waals surface area (Å²) in [6.45, 7) is 5.23. The van der Waals surface area contributed by atoms with Crippen molar-refractivity contribution < 1.29 is 4.43 Å². The molecule has 0 saturated heterocycles. The molecule has 0 atom stereocenters. The van der Waals surface area contributed by atoms with E-state index in [0.717, 1.165) is 0 Å². The van der Waals surface area contributed by atoms with Crippen molar-refractivity contribution in [2.45, 2.75) is 26.0 Å². The standard InChI is InChI=1S/C22H24OSi/c1-19(2)24(21-14-8-4-9-15-21,22-16-10-5-11-17-22)23-18-20-12-6-3-7-13-20/h3-17,19H,18H2,1-2H3. The number of hydrogen-bond donors (Lipinski definition) is 0. The smallest absolute Gasteiger partial charge is 0.258 e. The molecular weight excluding hydrogens is 308 g/mol. The van der Waals surface area contributed by atoms with Gasteiger partial charge in [-0.25, -0.2) is 0 Å². The van der Waals surface area contributed by atoms with Gasteiger partial charge in [-0.3, -0.25) is 0 Å². The van der Waals surface area contributed by atoms with Crippen LogP contribution in [0.3, 0.4) is 0 Å². The molecule has 0 spiro atoms. The predicted molar refractivity (Wildman–Crippen MR) is 104 cm³/mol. The van der Waals surface area contributed by atoms with Crippen LogP contribution in [0, 0.1) is 0 Å². The SMILES string of the molecule is CC(C)[Si](OCc1ccccc1)(c1ccccc1)c1ccccc1. The predicted octanol–water partition coefficient (Wildman–Crippen LogP) is 4.37. The molecule has 0 fully saturated rings. The van der Waals surface area contributed by atoms with E-state index in [-0.39, 0.29) is 0 Å². The van der Waals surface area contributed by atoms with E-state index < -0.39 is 8.32 Å². The van der Waals surface area contributed by atoms with Gasteiger partial charge >= 0.3 is 0 Å². The molecule has 0 radical (unpaired) electrons. The molecule has 24 heavy (non-hydrogen) atoms. The molecule has 2 heteroatoms. The Morgan fingerprint density at radius 2 is 1.08 bits per heavy atom. The third kappa shape index (κ3) is 3.35. The Morgan fingerprint density at radius 1 is 0.667 bits per heavy atom. The summed E-state index contributed by atoms with van der Waals surface area (Å²) in [7, 11) is -2.31. The molecule has 0 aliphatic rings. The van der Waals surface area contributed by atoms with Gasteiger partial charge in [-0.2, -0.15) is 0 Å². The quantitative estimate of drug-likeness (QED) is 0.609. The maximum Gasteiger partial charge on any atom is 0.258 e. The summed E-state index contributed by atoms with van der Waals surface area (Å²) in [4.78, 5) is 0. The molecule has 0 saturated carbocycles. The van der Waals surface area contributed by atoms with Crippen LogP contribution in [0.2, 0.25) is 5.54 Å². The normalized spacial score (nSPS) is 11.6. The van der Waals surface area contributed by atoms with Crippen LogP contribution in [0.4, 0.5) is 0 Å². The van der Waals surface area contributed by atoms with E-state index in [4.69, 9.17) is 4.43 Å². The lowest BCUT2D eigenvalue weighted by atomic mass is 10.2. The zero-order valence-electron chi connectivity index (χ0n) is 14.4. The molecule has 0 bridgehead atoms. The number of rotatable bonds is 6. The molecule has 0 aromatic heterocycles. The van der Waals surface area contributed by atoms with Gasteiger partial charge in [0.1, 0.15) is 0 Å². The maximum atomic E-state index is 6.79. The Balaban J connectivity index is 2.05. The molecule has 1 nitrogen and oxygen atoms in total. The second-order valence-corrected chi connectivity index (χ2v) is 10.5. The Hall–Kier alpha value is -2.16. The van der Waals surface area contributed by atoms with Crippen molar-refractivity contribution in [3.05, 3.63) is 96.6 Å². The summed E-state index contributed by atoms with van der Waals surface area (Å²) in [6.07, 6.45) is 0. The first-order valence-electron chi connectivity index (χ1n) is 8.52. The third-order valence-electron chi connectivity index (χ3n) is 4.53. The molecule has 0 unspecified atom stereocenters. The highest BCUT2D eigenvalue weighted by Crippen LogP contribution is 2.24. The van der Waals surface area contributed by atoms with Crippen molar-refractivity contribution in [3.63, 3.8) is 0 Å². The average Bonchev–Trinajstić information content (AvgIpc) is 2.65. The van der Waals surface area contributed by atoms with Gasteiger partial charge in [-0.05, 0) is 21.5 Å². The van der Waals surface area contributed by atoms with Gasteiger partial charge in [0.25, 0.3) is 8.32 Å². The fourth-order valence-electron chi connectivity index (χ4n) is 3.31. The van der Waals surface area contributed by atoms with E-state index in [0.29, 0.717) is 12.1 Å². The fraction of sp³-hybridized carbons (Fsp3) is 0.182. The second kappa shape index (κ2) is 7.60. The Kier molecular flexibility index (Phi) is 5.29. The van der Waals surface area contributed by atoms with E-state index in [9.17, 15) is 0 Å². The minimum atomic E-state index is -2.31. The summed E-state index contributed by atoms with van der Waals surface area (Å²) in [5, 5.41) is 2.67. The van der Waals surface area contributed by atoms with Crippen molar-refractivity contribution in [1.82, 2.24) is 0 Å². The molecule has 0 aliphatic heterocycles. The molecular formula is C22H24OSi. The lowest BCUT2D eigenvalue weighted by Gasteiger charge is -2.36. The Labute approximate surface area is 146 Å².